The van der Waals surface area contributed by atoms with Gasteiger partial charge in [0.05, 0.1) is 23.1 Å². The number of hydrogen-bond donors (Lipinski definition) is 4. The average Bonchev–Trinajstić information content (AvgIpc) is 3.30. The van der Waals surface area contributed by atoms with Gasteiger partial charge in [0.15, 0.2) is 0 Å². The minimum atomic E-state index is -0.681. The minimum absolute atomic E-state index is 0.115. The van der Waals surface area contributed by atoms with E-state index in [-0.39, 0.29) is 23.2 Å². The third-order valence-electron chi connectivity index (χ3n) is 4.94. The molecular formula is C23H25N9O3S. The molecule has 0 spiro atoms. The first-order valence-electron chi connectivity index (χ1n) is 10.9. The second kappa shape index (κ2) is 10.9. The molecule has 0 saturated heterocycles. The molecule has 0 aliphatic rings. The predicted octanol–water partition coefficient (Wildman–Crippen LogP) is 2.97. The topological polar surface area (TPSA) is 160 Å². The molecule has 0 atom stereocenters. The molecule has 0 radical (unpaired) electrons. The van der Waals surface area contributed by atoms with Gasteiger partial charge >= 0.3 is 0 Å². The smallest absolute Gasteiger partial charge is 0.254 e. The molecule has 5 N–H and O–H groups in total. The van der Waals surface area contributed by atoms with Gasteiger partial charge in [0, 0.05) is 25.4 Å². The van der Waals surface area contributed by atoms with Crippen LogP contribution in [-0.2, 0) is 4.79 Å². The van der Waals surface area contributed by atoms with Gasteiger partial charge in [-0.25, -0.2) is 4.98 Å². The van der Waals surface area contributed by atoms with E-state index in [1.54, 1.807) is 24.3 Å². The lowest BCUT2D eigenvalue weighted by Gasteiger charge is -2.16. The van der Waals surface area contributed by atoms with E-state index in [2.05, 4.69) is 34.7 Å². The van der Waals surface area contributed by atoms with Crippen LogP contribution in [0.25, 0.3) is 11.0 Å². The monoisotopic (exact) mass is 507 g/mol. The first-order valence-corrected chi connectivity index (χ1v) is 11.6. The van der Waals surface area contributed by atoms with E-state index in [1.165, 1.54) is 13.1 Å². The van der Waals surface area contributed by atoms with E-state index in [0.29, 0.717) is 34.9 Å². The number of carbonyl (C=O) groups excluding carboxylic acids is 2. The van der Waals surface area contributed by atoms with E-state index in [9.17, 15) is 9.59 Å². The fourth-order valence-corrected chi connectivity index (χ4v) is 3.79. The molecule has 0 aliphatic heterocycles. The molecule has 2 aromatic heterocycles. The highest BCUT2D eigenvalue weighted by molar-refractivity contribution is 7.00. The van der Waals surface area contributed by atoms with E-state index < -0.39 is 5.91 Å². The molecule has 13 heteroatoms. The normalized spacial score (nSPS) is 10.9. The number of benzene rings is 2. The second-order valence-electron chi connectivity index (χ2n) is 8.05. The number of amides is 2. The van der Waals surface area contributed by atoms with Crippen molar-refractivity contribution < 1.29 is 14.3 Å². The van der Waals surface area contributed by atoms with Crippen molar-refractivity contribution in [3.63, 3.8) is 0 Å². The van der Waals surface area contributed by atoms with Crippen molar-refractivity contribution in [2.45, 2.75) is 6.92 Å². The Morgan fingerprint density at radius 3 is 2.69 bits per heavy atom. The maximum Gasteiger partial charge on any atom is 0.254 e. The number of anilines is 5. The molecule has 4 rings (SSSR count). The Kier molecular flexibility index (Phi) is 7.51. The fraction of sp³-hybridized carbons (Fsp3) is 0.217. The zero-order chi connectivity index (χ0) is 25.7. The van der Waals surface area contributed by atoms with Gasteiger partial charge in [0.1, 0.15) is 34.8 Å². The number of hydrogen-bond acceptors (Lipinski definition) is 11. The van der Waals surface area contributed by atoms with Crippen LogP contribution >= 0.6 is 11.7 Å². The van der Waals surface area contributed by atoms with Gasteiger partial charge in [-0.15, -0.1) is 0 Å². The summed E-state index contributed by atoms with van der Waals surface area (Å²) in [6.45, 7) is 2.60. The zero-order valence-corrected chi connectivity index (χ0v) is 20.7. The molecule has 4 aromatic rings. The number of rotatable bonds is 10. The second-order valence-corrected chi connectivity index (χ2v) is 8.58. The standard InChI is InChI=1S/C23H25N9O3S/c1-13(33)26-18-11-14(7-8-19(18)35-10-9-32(2)3)27-23-25-12-15(21(24)34)22(29-23)28-16-5-4-6-17-20(16)31-36-30-17/h4-8,11-12H,9-10H2,1-3H3,(H2,24,34)(H,26,33)(H2,25,27,28,29). The number of primary amides is 1. The summed E-state index contributed by atoms with van der Waals surface area (Å²) in [7, 11) is 3.90. The van der Waals surface area contributed by atoms with Gasteiger partial charge in [0.25, 0.3) is 5.91 Å². The molecule has 12 nitrogen and oxygen atoms in total. The number of fused-ring (bicyclic) bond motifs is 1. The van der Waals surface area contributed by atoms with Crippen molar-refractivity contribution >= 4 is 63.4 Å². The third-order valence-corrected chi connectivity index (χ3v) is 5.48. The number of nitrogens with two attached hydrogens (primary N) is 1. The summed E-state index contributed by atoms with van der Waals surface area (Å²) >= 11 is 1.09. The lowest BCUT2D eigenvalue weighted by molar-refractivity contribution is -0.114. The summed E-state index contributed by atoms with van der Waals surface area (Å²) in [5, 5.41) is 8.98. The van der Waals surface area contributed by atoms with Gasteiger partial charge in [0.2, 0.25) is 11.9 Å². The van der Waals surface area contributed by atoms with Crippen LogP contribution in [0.15, 0.2) is 42.6 Å². The highest BCUT2D eigenvalue weighted by atomic mass is 32.1. The van der Waals surface area contributed by atoms with Gasteiger partial charge in [-0.05, 0) is 44.4 Å². The van der Waals surface area contributed by atoms with Gasteiger partial charge in [-0.1, -0.05) is 6.07 Å². The van der Waals surface area contributed by atoms with Gasteiger partial charge in [-0.3, -0.25) is 9.59 Å². The maximum absolute atomic E-state index is 12.0. The Hall–Kier alpha value is -4.36. The Morgan fingerprint density at radius 2 is 1.94 bits per heavy atom. The summed E-state index contributed by atoms with van der Waals surface area (Å²) < 4.78 is 14.3. The largest absolute Gasteiger partial charge is 0.490 e. The summed E-state index contributed by atoms with van der Waals surface area (Å²) in [6.07, 6.45) is 1.34. The van der Waals surface area contributed by atoms with Crippen LogP contribution in [-0.4, -0.2) is 62.7 Å². The summed E-state index contributed by atoms with van der Waals surface area (Å²) in [5.41, 5.74) is 8.75. The highest BCUT2D eigenvalue weighted by Gasteiger charge is 2.15. The Bertz CT molecular complexity index is 1410. The first kappa shape index (κ1) is 24.8. The summed E-state index contributed by atoms with van der Waals surface area (Å²) in [5.74, 6) is 0.0472. The van der Waals surface area contributed by atoms with Crippen LogP contribution in [0.4, 0.5) is 28.8 Å². The van der Waals surface area contributed by atoms with Crippen molar-refractivity contribution in [3.8, 4) is 5.75 Å². The Balaban J connectivity index is 1.61. The van der Waals surface area contributed by atoms with E-state index in [0.717, 1.165) is 23.8 Å². The molecule has 0 fully saturated rings. The molecule has 36 heavy (non-hydrogen) atoms. The number of ether oxygens (including phenoxy) is 1. The maximum atomic E-state index is 12.0. The molecule has 2 aromatic carbocycles. The lowest BCUT2D eigenvalue weighted by atomic mass is 10.2. The quantitative estimate of drug-likeness (QED) is 0.251. The van der Waals surface area contributed by atoms with Crippen LogP contribution in [0.3, 0.4) is 0 Å². The number of aromatic nitrogens is 4. The number of nitrogens with one attached hydrogen (secondary N) is 3. The molecule has 2 heterocycles. The van der Waals surface area contributed by atoms with E-state index in [4.69, 9.17) is 10.5 Å². The fourth-order valence-electron chi connectivity index (χ4n) is 3.24. The minimum Gasteiger partial charge on any atom is -0.490 e. The van der Waals surface area contributed by atoms with Crippen molar-refractivity contribution in [2.75, 3.05) is 43.2 Å². The predicted molar refractivity (Wildman–Crippen MR) is 139 cm³/mol. The van der Waals surface area contributed by atoms with Crippen LogP contribution in [0.5, 0.6) is 5.75 Å². The van der Waals surface area contributed by atoms with Crippen molar-refractivity contribution in [3.05, 3.63) is 48.2 Å². The number of likely N-dealkylation sites (N-methyl/N-ethyl adjacent to an activating group) is 1. The number of nitrogens with zero attached hydrogens (tertiary/aromatic N) is 5. The summed E-state index contributed by atoms with van der Waals surface area (Å²) in [4.78, 5) is 34.4. The molecule has 0 aliphatic carbocycles. The van der Waals surface area contributed by atoms with E-state index >= 15 is 0 Å². The van der Waals surface area contributed by atoms with Gasteiger partial charge < -0.3 is 31.3 Å². The zero-order valence-electron chi connectivity index (χ0n) is 19.9. The average molecular weight is 508 g/mol. The highest BCUT2D eigenvalue weighted by Crippen LogP contribution is 2.30. The third kappa shape index (κ3) is 6.00. The molecule has 0 bridgehead atoms. The Morgan fingerprint density at radius 1 is 1.11 bits per heavy atom. The number of carbonyl (C=O) groups is 2. The molecule has 0 saturated carbocycles. The molecular weight excluding hydrogens is 482 g/mol. The van der Waals surface area contributed by atoms with Gasteiger partial charge in [-0.2, -0.15) is 13.7 Å². The molecule has 0 unspecified atom stereocenters. The van der Waals surface area contributed by atoms with Crippen molar-refractivity contribution in [1.29, 1.82) is 0 Å². The summed E-state index contributed by atoms with van der Waals surface area (Å²) in [6, 6.07) is 10.7. The molecule has 186 valence electrons. The molecule has 2 amide bonds. The van der Waals surface area contributed by atoms with Crippen LogP contribution in [0.1, 0.15) is 17.3 Å². The van der Waals surface area contributed by atoms with Crippen LogP contribution in [0.2, 0.25) is 0 Å². The lowest BCUT2D eigenvalue weighted by Crippen LogP contribution is -2.20. The van der Waals surface area contributed by atoms with Crippen LogP contribution < -0.4 is 26.4 Å². The Labute approximate surface area is 211 Å². The van der Waals surface area contributed by atoms with Crippen LogP contribution in [0, 0.1) is 0 Å². The SMILES string of the molecule is CC(=O)Nc1cc(Nc2ncc(C(N)=O)c(Nc3cccc4nsnc34)n2)ccc1OCCN(C)C. The van der Waals surface area contributed by atoms with Crippen molar-refractivity contribution in [2.24, 2.45) is 5.73 Å². The first-order chi connectivity index (χ1) is 17.3. The van der Waals surface area contributed by atoms with Crippen molar-refractivity contribution in [1.82, 2.24) is 23.6 Å². The van der Waals surface area contributed by atoms with E-state index in [1.807, 2.05) is 31.1 Å².